The monoisotopic (exact) mass is 500 g/mol. The predicted molar refractivity (Wildman–Crippen MR) is 133 cm³/mol. The molecule has 1 aliphatic heterocycles. The Balaban J connectivity index is 1.29. The van der Waals surface area contributed by atoms with Gasteiger partial charge in [-0.2, -0.15) is 0 Å². The van der Waals surface area contributed by atoms with E-state index in [9.17, 15) is 13.2 Å². The van der Waals surface area contributed by atoms with E-state index < -0.39 is 27.0 Å². The van der Waals surface area contributed by atoms with E-state index in [1.165, 1.54) is 23.3 Å². The fourth-order valence-corrected chi connectivity index (χ4v) is 6.38. The first-order valence-corrected chi connectivity index (χ1v) is 14.2. The number of carbonyl (C=O) groups is 1. The Morgan fingerprint density at radius 1 is 1.09 bits per heavy atom. The van der Waals surface area contributed by atoms with E-state index in [2.05, 4.69) is 40.8 Å². The lowest BCUT2D eigenvalue weighted by molar-refractivity contribution is 0.0832. The van der Waals surface area contributed by atoms with Gasteiger partial charge < -0.3 is 4.74 Å². The lowest BCUT2D eigenvalue weighted by Gasteiger charge is -2.33. The topological polar surface area (TPSA) is 75.7 Å². The summed E-state index contributed by atoms with van der Waals surface area (Å²) in [4.78, 5) is 15.0. The standard InChI is InChI=1S/C27H33FN2O4S/c1-18-7-9-19(10-8-18)16-30-13-3-4-21(17-30)34-26-15-25(28)24(14-23(26)20-11-12-20)27(31)29-35(32,33)22-5-2-6-22/h7-10,14-15,20-22H,2-6,11-13,16-17H2,1H3,(H,29,31)/t21-/m1/s1. The van der Waals surface area contributed by atoms with E-state index in [1.54, 1.807) is 0 Å². The molecule has 2 aromatic rings. The van der Waals surface area contributed by atoms with E-state index in [0.29, 0.717) is 18.6 Å². The van der Waals surface area contributed by atoms with Crippen LogP contribution in [0.4, 0.5) is 4.39 Å². The van der Waals surface area contributed by atoms with Crippen molar-refractivity contribution in [1.82, 2.24) is 9.62 Å². The average molecular weight is 501 g/mol. The van der Waals surface area contributed by atoms with Crippen LogP contribution in [-0.2, 0) is 16.6 Å². The van der Waals surface area contributed by atoms with Gasteiger partial charge in [0.25, 0.3) is 5.91 Å². The molecule has 1 N–H and O–H groups in total. The number of nitrogens with one attached hydrogen (secondary N) is 1. The number of hydrogen-bond acceptors (Lipinski definition) is 5. The molecule has 2 aliphatic carbocycles. The molecule has 3 fully saturated rings. The fourth-order valence-electron chi connectivity index (χ4n) is 4.89. The van der Waals surface area contributed by atoms with Crippen molar-refractivity contribution in [2.75, 3.05) is 13.1 Å². The Morgan fingerprint density at radius 3 is 2.49 bits per heavy atom. The number of halogens is 1. The smallest absolute Gasteiger partial charge is 0.267 e. The minimum atomic E-state index is -3.78. The molecular weight excluding hydrogens is 467 g/mol. The first kappa shape index (κ1) is 24.3. The van der Waals surface area contributed by atoms with E-state index in [-0.39, 0.29) is 17.6 Å². The molecule has 35 heavy (non-hydrogen) atoms. The molecule has 0 spiro atoms. The van der Waals surface area contributed by atoms with E-state index in [0.717, 1.165) is 57.3 Å². The van der Waals surface area contributed by atoms with E-state index in [1.807, 2.05) is 0 Å². The molecular formula is C27H33FN2O4S. The van der Waals surface area contributed by atoms with Crippen LogP contribution in [0.2, 0.25) is 0 Å². The third-order valence-electron chi connectivity index (χ3n) is 7.37. The minimum Gasteiger partial charge on any atom is -0.489 e. The highest BCUT2D eigenvalue weighted by Crippen LogP contribution is 2.45. The van der Waals surface area contributed by atoms with Gasteiger partial charge in [0.05, 0.1) is 10.8 Å². The Kier molecular flexibility index (Phi) is 6.86. The van der Waals surface area contributed by atoms with Gasteiger partial charge in [-0.15, -0.1) is 0 Å². The van der Waals surface area contributed by atoms with Crippen molar-refractivity contribution in [3.05, 3.63) is 64.5 Å². The molecule has 1 amide bonds. The summed E-state index contributed by atoms with van der Waals surface area (Å²) in [6.45, 7) is 4.67. The van der Waals surface area contributed by atoms with Crippen LogP contribution >= 0.6 is 0 Å². The number of hydrogen-bond donors (Lipinski definition) is 1. The van der Waals surface area contributed by atoms with Crippen LogP contribution in [0.25, 0.3) is 0 Å². The molecule has 2 saturated carbocycles. The summed E-state index contributed by atoms with van der Waals surface area (Å²) in [5, 5.41) is -0.561. The van der Waals surface area contributed by atoms with Crippen molar-refractivity contribution in [1.29, 1.82) is 0 Å². The maximum Gasteiger partial charge on any atom is 0.267 e. The summed E-state index contributed by atoms with van der Waals surface area (Å²) in [6.07, 6.45) is 5.62. The van der Waals surface area contributed by atoms with Gasteiger partial charge in [-0.05, 0) is 75.1 Å². The van der Waals surface area contributed by atoms with Gasteiger partial charge in [0, 0.05) is 19.2 Å². The van der Waals surface area contributed by atoms with Crippen LogP contribution in [0.3, 0.4) is 0 Å². The molecule has 5 rings (SSSR count). The molecule has 1 atom stereocenters. The summed E-state index contributed by atoms with van der Waals surface area (Å²) in [5.41, 5.74) is 3.06. The molecule has 1 saturated heterocycles. The Morgan fingerprint density at radius 2 is 1.83 bits per heavy atom. The first-order chi connectivity index (χ1) is 16.8. The van der Waals surface area contributed by atoms with Crippen LogP contribution < -0.4 is 9.46 Å². The van der Waals surface area contributed by atoms with Crippen LogP contribution in [0, 0.1) is 12.7 Å². The Bertz CT molecular complexity index is 1190. The van der Waals surface area contributed by atoms with E-state index >= 15 is 4.39 Å². The zero-order valence-corrected chi connectivity index (χ0v) is 21.0. The lowest BCUT2D eigenvalue weighted by atomic mass is 10.0. The largest absolute Gasteiger partial charge is 0.489 e. The lowest BCUT2D eigenvalue weighted by Crippen LogP contribution is -2.42. The fraction of sp³-hybridized carbons (Fsp3) is 0.519. The van der Waals surface area contributed by atoms with Crippen molar-refractivity contribution >= 4 is 15.9 Å². The third-order valence-corrected chi connectivity index (χ3v) is 9.19. The molecule has 6 nitrogen and oxygen atoms in total. The van der Waals surface area contributed by atoms with Gasteiger partial charge in [-0.1, -0.05) is 36.2 Å². The number of aryl methyl sites for hydroxylation is 1. The summed E-state index contributed by atoms with van der Waals surface area (Å²) in [6, 6.07) is 11.3. The summed E-state index contributed by atoms with van der Waals surface area (Å²) in [7, 11) is -3.78. The normalized spacial score (nSPS) is 21.4. The van der Waals surface area contributed by atoms with Crippen molar-refractivity contribution in [3.63, 3.8) is 0 Å². The first-order valence-electron chi connectivity index (χ1n) is 12.6. The number of piperidine rings is 1. The SMILES string of the molecule is Cc1ccc(CN2CCC[C@@H](Oc3cc(F)c(C(=O)NS(=O)(=O)C4CCC4)cc3C3CC3)C2)cc1. The van der Waals surface area contributed by atoms with Crippen LogP contribution in [0.1, 0.15) is 77.9 Å². The quantitative estimate of drug-likeness (QED) is 0.570. The Hall–Kier alpha value is -2.45. The molecule has 8 heteroatoms. The number of amides is 1. The molecule has 0 unspecified atom stereocenters. The average Bonchev–Trinajstić information content (AvgIpc) is 3.59. The number of rotatable bonds is 8. The number of carbonyl (C=O) groups excluding carboxylic acids is 1. The Labute approximate surface area is 206 Å². The van der Waals surface area contributed by atoms with Crippen molar-refractivity contribution in [2.24, 2.45) is 0 Å². The summed E-state index contributed by atoms with van der Waals surface area (Å²) < 4.78 is 48.2. The summed E-state index contributed by atoms with van der Waals surface area (Å²) in [5.74, 6) is -0.957. The number of benzene rings is 2. The highest BCUT2D eigenvalue weighted by atomic mass is 32.2. The zero-order valence-electron chi connectivity index (χ0n) is 20.1. The van der Waals surface area contributed by atoms with Gasteiger partial charge in [0.15, 0.2) is 0 Å². The van der Waals surface area contributed by atoms with Crippen LogP contribution in [0.5, 0.6) is 5.75 Å². The second-order valence-electron chi connectivity index (χ2n) is 10.3. The van der Waals surface area contributed by atoms with Crippen molar-refractivity contribution < 1.29 is 22.3 Å². The van der Waals surface area contributed by atoms with Crippen molar-refractivity contribution in [2.45, 2.75) is 75.7 Å². The molecule has 1 heterocycles. The van der Waals surface area contributed by atoms with Crippen LogP contribution in [-0.4, -0.2) is 43.7 Å². The molecule has 188 valence electrons. The van der Waals surface area contributed by atoms with Crippen molar-refractivity contribution in [3.8, 4) is 5.75 Å². The second kappa shape index (κ2) is 9.90. The van der Waals surface area contributed by atoms with Gasteiger partial charge >= 0.3 is 0 Å². The molecule has 0 bridgehead atoms. The van der Waals surface area contributed by atoms with Gasteiger partial charge in [0.2, 0.25) is 10.0 Å². The van der Waals surface area contributed by atoms with Gasteiger partial charge in [0.1, 0.15) is 17.7 Å². The highest BCUT2D eigenvalue weighted by Gasteiger charge is 2.35. The highest BCUT2D eigenvalue weighted by molar-refractivity contribution is 7.90. The van der Waals surface area contributed by atoms with Gasteiger partial charge in [-0.25, -0.2) is 17.5 Å². The molecule has 0 aromatic heterocycles. The number of sulfonamides is 1. The molecule has 0 radical (unpaired) electrons. The second-order valence-corrected chi connectivity index (χ2v) is 12.2. The number of nitrogens with zero attached hydrogens (tertiary/aromatic N) is 1. The predicted octanol–water partition coefficient (Wildman–Crippen LogP) is 4.67. The number of likely N-dealkylation sites (tertiary alicyclic amines) is 1. The summed E-state index contributed by atoms with van der Waals surface area (Å²) >= 11 is 0. The maximum absolute atomic E-state index is 15.0. The molecule has 2 aromatic carbocycles. The molecule has 3 aliphatic rings. The maximum atomic E-state index is 15.0. The minimum absolute atomic E-state index is 0.0650. The van der Waals surface area contributed by atoms with Crippen LogP contribution in [0.15, 0.2) is 36.4 Å². The number of ether oxygens (including phenoxy) is 1. The third kappa shape index (κ3) is 5.70. The van der Waals surface area contributed by atoms with E-state index in [4.69, 9.17) is 4.74 Å². The van der Waals surface area contributed by atoms with Gasteiger partial charge in [-0.3, -0.25) is 9.69 Å². The zero-order chi connectivity index (χ0) is 24.6.